The maximum absolute atomic E-state index is 6.04. The van der Waals surface area contributed by atoms with Gasteiger partial charge in [0.05, 0.1) is 16.5 Å². The molecular weight excluding hydrogens is 318 g/mol. The molecule has 22 heavy (non-hydrogen) atoms. The van der Waals surface area contributed by atoms with Crippen LogP contribution in [0.5, 0.6) is 0 Å². The van der Waals surface area contributed by atoms with Crippen molar-refractivity contribution in [2.45, 2.75) is 13.0 Å². The molecule has 1 atom stereocenters. The molecule has 0 amide bonds. The molecule has 0 saturated carbocycles. The lowest BCUT2D eigenvalue weighted by atomic mass is 10.2. The molecular formula is C15H16ClN5S. The number of benzene rings is 1. The third-order valence-electron chi connectivity index (χ3n) is 3.87. The van der Waals surface area contributed by atoms with E-state index in [1.54, 1.807) is 11.3 Å². The number of hydrogen-bond donors (Lipinski definition) is 2. The van der Waals surface area contributed by atoms with Crippen molar-refractivity contribution in [3.05, 3.63) is 28.7 Å². The van der Waals surface area contributed by atoms with E-state index in [9.17, 15) is 0 Å². The van der Waals surface area contributed by atoms with Crippen molar-refractivity contribution in [2.24, 2.45) is 0 Å². The maximum atomic E-state index is 6.04. The summed E-state index contributed by atoms with van der Waals surface area (Å²) in [4.78, 5) is 14.9. The first-order valence-corrected chi connectivity index (χ1v) is 8.54. The zero-order chi connectivity index (χ0) is 15.1. The van der Waals surface area contributed by atoms with Gasteiger partial charge in [-0.05, 0) is 25.1 Å². The van der Waals surface area contributed by atoms with Crippen molar-refractivity contribution in [1.29, 1.82) is 0 Å². The van der Waals surface area contributed by atoms with Crippen LogP contribution < -0.4 is 10.2 Å². The highest BCUT2D eigenvalue weighted by Gasteiger charge is 2.22. The van der Waals surface area contributed by atoms with Crippen molar-refractivity contribution in [1.82, 2.24) is 20.3 Å². The second-order valence-electron chi connectivity index (χ2n) is 5.55. The van der Waals surface area contributed by atoms with Gasteiger partial charge in [0.15, 0.2) is 5.82 Å². The first-order valence-electron chi connectivity index (χ1n) is 7.28. The van der Waals surface area contributed by atoms with E-state index in [0.29, 0.717) is 11.1 Å². The van der Waals surface area contributed by atoms with Gasteiger partial charge in [0, 0.05) is 30.7 Å². The number of hydrogen-bond acceptors (Lipinski definition) is 5. The Bertz CT molecular complexity index is 811. The molecule has 0 bridgehead atoms. The van der Waals surface area contributed by atoms with Gasteiger partial charge >= 0.3 is 0 Å². The van der Waals surface area contributed by atoms with E-state index in [2.05, 4.69) is 32.1 Å². The molecule has 4 rings (SSSR count). The summed E-state index contributed by atoms with van der Waals surface area (Å²) in [5.74, 6) is 0.805. The van der Waals surface area contributed by atoms with Crippen LogP contribution in [0.15, 0.2) is 23.7 Å². The first kappa shape index (κ1) is 14.0. The Balaban J connectivity index is 1.74. The summed E-state index contributed by atoms with van der Waals surface area (Å²) in [6.45, 7) is 5.18. The van der Waals surface area contributed by atoms with Gasteiger partial charge in [-0.2, -0.15) is 0 Å². The fraction of sp³-hybridized carbons (Fsp3) is 0.333. The second-order valence-corrected chi connectivity index (χ2v) is 6.82. The minimum absolute atomic E-state index is 0.484. The van der Waals surface area contributed by atoms with Crippen molar-refractivity contribution in [3.8, 4) is 11.5 Å². The van der Waals surface area contributed by atoms with Crippen molar-refractivity contribution in [2.75, 3.05) is 24.5 Å². The van der Waals surface area contributed by atoms with Crippen LogP contribution in [0.2, 0.25) is 5.02 Å². The summed E-state index contributed by atoms with van der Waals surface area (Å²) in [5.41, 5.74) is 4.66. The Labute approximate surface area is 137 Å². The Kier molecular flexibility index (Phi) is 3.52. The lowest BCUT2D eigenvalue weighted by Gasteiger charge is -2.32. The number of anilines is 1. The van der Waals surface area contributed by atoms with Gasteiger partial charge in [0.25, 0.3) is 0 Å². The molecule has 2 aromatic heterocycles. The molecule has 0 radical (unpaired) electrons. The van der Waals surface area contributed by atoms with Gasteiger partial charge in [-0.25, -0.2) is 9.97 Å². The fourth-order valence-electron chi connectivity index (χ4n) is 2.83. The molecule has 1 aliphatic heterocycles. The number of piperazine rings is 1. The molecule has 2 N–H and O–H groups in total. The van der Waals surface area contributed by atoms with E-state index >= 15 is 0 Å². The number of imidazole rings is 1. The Morgan fingerprint density at radius 3 is 3.18 bits per heavy atom. The number of aromatic amines is 1. The highest BCUT2D eigenvalue weighted by molar-refractivity contribution is 7.14. The number of halogens is 1. The molecule has 1 aromatic carbocycles. The Morgan fingerprint density at radius 2 is 2.32 bits per heavy atom. The predicted molar refractivity (Wildman–Crippen MR) is 91.9 cm³/mol. The summed E-state index contributed by atoms with van der Waals surface area (Å²) in [5, 5.41) is 5.34. The molecule has 1 aliphatic rings. The second kappa shape index (κ2) is 5.53. The molecule has 0 aliphatic carbocycles. The standard InChI is InChI=1S/C15H16ClN5S/c1-9-7-21(5-4-17-9)15-13(18-8-22-15)14-19-11-3-2-10(16)6-12(11)20-14/h2-3,6,8-9,17H,4-5,7H2,1H3,(H,19,20). The summed E-state index contributed by atoms with van der Waals surface area (Å²) >= 11 is 7.71. The average Bonchev–Trinajstić information content (AvgIpc) is 3.12. The monoisotopic (exact) mass is 333 g/mol. The van der Waals surface area contributed by atoms with E-state index in [1.807, 2.05) is 23.7 Å². The Hall–Kier alpha value is -1.63. The summed E-state index contributed by atoms with van der Waals surface area (Å²) in [6, 6.07) is 6.17. The predicted octanol–water partition coefficient (Wildman–Crippen LogP) is 3.14. The molecule has 5 nitrogen and oxygen atoms in total. The number of rotatable bonds is 2. The number of aromatic nitrogens is 3. The van der Waals surface area contributed by atoms with Gasteiger partial charge in [0.2, 0.25) is 0 Å². The van der Waals surface area contributed by atoms with Crippen LogP contribution >= 0.6 is 22.9 Å². The largest absolute Gasteiger partial charge is 0.359 e. The minimum Gasteiger partial charge on any atom is -0.359 e. The van der Waals surface area contributed by atoms with Gasteiger partial charge in [-0.1, -0.05) is 11.6 Å². The number of nitrogens with one attached hydrogen (secondary N) is 2. The van der Waals surface area contributed by atoms with Crippen molar-refractivity contribution in [3.63, 3.8) is 0 Å². The van der Waals surface area contributed by atoms with Crippen LogP contribution in [0.25, 0.3) is 22.6 Å². The molecule has 1 fully saturated rings. The van der Waals surface area contributed by atoms with Crippen LogP contribution in [0.3, 0.4) is 0 Å². The minimum atomic E-state index is 0.484. The maximum Gasteiger partial charge on any atom is 0.160 e. The number of nitrogens with zero attached hydrogens (tertiary/aromatic N) is 3. The molecule has 0 spiro atoms. The molecule has 114 valence electrons. The van der Waals surface area contributed by atoms with Crippen LogP contribution in [0.4, 0.5) is 5.00 Å². The molecule has 1 saturated heterocycles. The van der Waals surface area contributed by atoms with Crippen LogP contribution in [0.1, 0.15) is 6.92 Å². The molecule has 1 unspecified atom stereocenters. The first-order chi connectivity index (χ1) is 10.7. The number of H-pyrrole nitrogens is 1. The van der Waals surface area contributed by atoms with Gasteiger partial charge in [-0.3, -0.25) is 0 Å². The summed E-state index contributed by atoms with van der Waals surface area (Å²) in [6.07, 6.45) is 0. The highest BCUT2D eigenvalue weighted by Crippen LogP contribution is 2.34. The third-order valence-corrected chi connectivity index (χ3v) is 4.99. The Morgan fingerprint density at radius 1 is 1.41 bits per heavy atom. The zero-order valence-corrected chi connectivity index (χ0v) is 13.7. The molecule has 3 heterocycles. The lowest BCUT2D eigenvalue weighted by molar-refractivity contribution is 0.486. The van der Waals surface area contributed by atoms with E-state index in [0.717, 1.165) is 42.2 Å². The van der Waals surface area contributed by atoms with Gasteiger partial charge in [-0.15, -0.1) is 11.3 Å². The van der Waals surface area contributed by atoms with Crippen molar-refractivity contribution >= 4 is 39.0 Å². The molecule has 7 heteroatoms. The highest BCUT2D eigenvalue weighted by atomic mass is 35.5. The van der Waals surface area contributed by atoms with Gasteiger partial charge in [0.1, 0.15) is 10.7 Å². The van der Waals surface area contributed by atoms with Crippen LogP contribution in [0, 0.1) is 0 Å². The number of thiazole rings is 1. The van der Waals surface area contributed by atoms with Crippen LogP contribution in [-0.4, -0.2) is 40.6 Å². The van der Waals surface area contributed by atoms with E-state index in [-0.39, 0.29) is 0 Å². The van der Waals surface area contributed by atoms with E-state index in [1.165, 1.54) is 5.00 Å². The van der Waals surface area contributed by atoms with E-state index in [4.69, 9.17) is 11.6 Å². The quantitative estimate of drug-likeness (QED) is 0.756. The van der Waals surface area contributed by atoms with E-state index < -0.39 is 0 Å². The smallest absolute Gasteiger partial charge is 0.160 e. The fourth-order valence-corrected chi connectivity index (χ4v) is 3.83. The summed E-state index contributed by atoms with van der Waals surface area (Å²) in [7, 11) is 0. The van der Waals surface area contributed by atoms with Gasteiger partial charge < -0.3 is 15.2 Å². The lowest BCUT2D eigenvalue weighted by Crippen LogP contribution is -2.49. The normalized spacial score (nSPS) is 19.0. The SMILES string of the molecule is CC1CN(c2scnc2-c2nc3cc(Cl)ccc3[nH]2)CCN1. The third kappa shape index (κ3) is 2.47. The zero-order valence-electron chi connectivity index (χ0n) is 12.1. The summed E-state index contributed by atoms with van der Waals surface area (Å²) < 4.78 is 0. The average molecular weight is 334 g/mol. The van der Waals surface area contributed by atoms with Crippen LogP contribution in [-0.2, 0) is 0 Å². The topological polar surface area (TPSA) is 56.8 Å². The molecule has 3 aromatic rings. The number of fused-ring (bicyclic) bond motifs is 1. The van der Waals surface area contributed by atoms with Crippen molar-refractivity contribution < 1.29 is 0 Å².